The predicted octanol–water partition coefficient (Wildman–Crippen LogP) is 3.04. The van der Waals surface area contributed by atoms with E-state index in [2.05, 4.69) is 37.1 Å². The first kappa shape index (κ1) is 28.8. The minimum Gasteiger partial charge on any atom is -0.490 e. The van der Waals surface area contributed by atoms with E-state index in [9.17, 15) is 14.7 Å². The number of halogens is 1. The Morgan fingerprint density at radius 2 is 2.00 bits per heavy atom. The maximum atomic E-state index is 12.4. The smallest absolute Gasteiger partial charge is 0.337 e. The van der Waals surface area contributed by atoms with Crippen LogP contribution in [0.1, 0.15) is 31.0 Å². The molecule has 2 atom stereocenters. The minimum atomic E-state index is -1.09. The number of rotatable bonds is 11. The van der Waals surface area contributed by atoms with E-state index < -0.39 is 24.3 Å². The normalized spacial score (nSPS) is 16.0. The van der Waals surface area contributed by atoms with Crippen LogP contribution in [0, 0.1) is 0 Å². The summed E-state index contributed by atoms with van der Waals surface area (Å²) in [5.41, 5.74) is 5.80. The van der Waals surface area contributed by atoms with Gasteiger partial charge in [0, 0.05) is 24.3 Å². The maximum absolute atomic E-state index is 12.4. The number of aliphatic hydroxyl groups is 1. The first-order chi connectivity index (χ1) is 18.1. The molecule has 0 fully saturated rings. The number of ether oxygens (including phenoxy) is 3. The van der Waals surface area contributed by atoms with E-state index >= 15 is 0 Å². The number of hydrazone groups is 1. The average molecular weight is 590 g/mol. The number of benzene rings is 2. The molecule has 1 aliphatic heterocycles. The molecule has 11 nitrogen and oxygen atoms in total. The zero-order valence-electron chi connectivity index (χ0n) is 21.9. The number of nitrogens with one attached hydrogen (secondary N) is 3. The monoisotopic (exact) mass is 589 g/mol. The number of nitrogens with zero attached hydrogens (tertiary/aromatic N) is 2. The van der Waals surface area contributed by atoms with Gasteiger partial charge in [-0.15, -0.1) is 0 Å². The van der Waals surface area contributed by atoms with Crippen LogP contribution in [0.2, 0.25) is 0 Å². The molecule has 0 radical (unpaired) electrons. The Labute approximate surface area is 230 Å². The summed E-state index contributed by atoms with van der Waals surface area (Å²) in [6.07, 6.45) is 0.500. The van der Waals surface area contributed by atoms with E-state index in [0.29, 0.717) is 29.4 Å². The minimum absolute atomic E-state index is 0.115. The van der Waals surface area contributed by atoms with Crippen molar-refractivity contribution in [1.29, 1.82) is 0 Å². The van der Waals surface area contributed by atoms with E-state index in [1.54, 1.807) is 31.3 Å². The third kappa shape index (κ3) is 7.17. The van der Waals surface area contributed by atoms with Crippen molar-refractivity contribution in [2.24, 2.45) is 5.10 Å². The molecule has 1 aliphatic rings. The quantitative estimate of drug-likeness (QED) is 0.136. The zero-order valence-corrected chi connectivity index (χ0v) is 23.5. The van der Waals surface area contributed by atoms with Crippen LogP contribution in [-0.4, -0.2) is 64.0 Å². The van der Waals surface area contributed by atoms with Gasteiger partial charge < -0.3 is 34.9 Å². The molecular weight excluding hydrogens is 558 g/mol. The van der Waals surface area contributed by atoms with Gasteiger partial charge in [0.1, 0.15) is 6.61 Å². The molecule has 38 heavy (non-hydrogen) atoms. The van der Waals surface area contributed by atoms with Crippen LogP contribution in [0.5, 0.6) is 11.5 Å². The van der Waals surface area contributed by atoms with Gasteiger partial charge in [0.05, 0.1) is 37.2 Å². The van der Waals surface area contributed by atoms with Crippen molar-refractivity contribution in [3.8, 4) is 11.5 Å². The second kappa shape index (κ2) is 13.2. The first-order valence-corrected chi connectivity index (χ1v) is 12.6. The van der Waals surface area contributed by atoms with Gasteiger partial charge in [-0.3, -0.25) is 5.43 Å². The van der Waals surface area contributed by atoms with E-state index in [1.807, 2.05) is 44.1 Å². The summed E-state index contributed by atoms with van der Waals surface area (Å²) in [6, 6.07) is 9.66. The lowest BCUT2D eigenvalue weighted by Crippen LogP contribution is -2.45. The molecule has 0 saturated heterocycles. The Morgan fingerprint density at radius 1 is 1.24 bits per heavy atom. The number of carbonyl (C=O) groups excluding carboxylic acids is 2. The molecule has 4 N–H and O–H groups in total. The summed E-state index contributed by atoms with van der Waals surface area (Å²) in [7, 11) is 5.19. The average Bonchev–Trinajstić information content (AvgIpc) is 2.87. The summed E-state index contributed by atoms with van der Waals surface area (Å²) in [6.45, 7) is 3.69. The van der Waals surface area contributed by atoms with Gasteiger partial charge in [-0.2, -0.15) is 5.10 Å². The highest BCUT2D eigenvalue weighted by molar-refractivity contribution is 9.10. The van der Waals surface area contributed by atoms with Crippen molar-refractivity contribution in [3.63, 3.8) is 0 Å². The molecule has 0 unspecified atom stereocenters. The van der Waals surface area contributed by atoms with Gasteiger partial charge in [0.15, 0.2) is 17.7 Å². The number of esters is 1. The fourth-order valence-corrected chi connectivity index (χ4v) is 4.54. The van der Waals surface area contributed by atoms with E-state index in [4.69, 9.17) is 14.2 Å². The maximum Gasteiger partial charge on any atom is 0.337 e. The molecule has 0 aromatic heterocycles. The Kier molecular flexibility index (Phi) is 9.97. The van der Waals surface area contributed by atoms with Gasteiger partial charge in [-0.05, 0) is 65.2 Å². The number of carbonyl (C=O) groups is 2. The van der Waals surface area contributed by atoms with Crippen LogP contribution in [0.15, 0.2) is 57.2 Å². The highest BCUT2D eigenvalue weighted by Gasteiger charge is 2.32. The molecule has 204 valence electrons. The van der Waals surface area contributed by atoms with Gasteiger partial charge >= 0.3 is 12.0 Å². The van der Waals surface area contributed by atoms with Crippen LogP contribution in [0.3, 0.4) is 0 Å². The van der Waals surface area contributed by atoms with Crippen LogP contribution < -0.4 is 30.4 Å². The number of methoxy groups -OCH3 is 1. The molecule has 0 aliphatic carbocycles. The number of urea groups is 1. The van der Waals surface area contributed by atoms with Crippen LogP contribution in [0.25, 0.3) is 0 Å². The van der Waals surface area contributed by atoms with Gasteiger partial charge in [-0.1, -0.05) is 12.1 Å². The number of hydrogen-bond acceptors (Lipinski definition) is 9. The standard InChI is InChI=1S/C26H32BrN5O6/c1-6-37-21-12-17(24-23(25(34)36-5)15(2)29-26(35)30-24)8-10-20(21)38-14-22(33)31-28-13-16-7-9-19(32(3)4)18(27)11-16/h7-13,22,24,31,33H,6,14H2,1-5H3,(H2,29,30,35)/b28-13-/t22-,24-/m0/s1. The number of allylic oxidation sites excluding steroid dienone is 1. The van der Waals surface area contributed by atoms with Gasteiger partial charge in [0.25, 0.3) is 0 Å². The number of anilines is 1. The molecule has 1 heterocycles. The van der Waals surface area contributed by atoms with Crippen molar-refractivity contribution in [2.45, 2.75) is 26.1 Å². The fraction of sp³-hybridized carbons (Fsp3) is 0.346. The molecule has 3 rings (SSSR count). The summed E-state index contributed by atoms with van der Waals surface area (Å²) >= 11 is 3.53. The lowest BCUT2D eigenvalue weighted by molar-refractivity contribution is -0.136. The van der Waals surface area contributed by atoms with Crippen LogP contribution >= 0.6 is 15.9 Å². The van der Waals surface area contributed by atoms with Crippen molar-refractivity contribution < 1.29 is 28.9 Å². The van der Waals surface area contributed by atoms with Gasteiger partial charge in [-0.25, -0.2) is 9.59 Å². The van der Waals surface area contributed by atoms with Crippen molar-refractivity contribution in [3.05, 3.63) is 63.3 Å². The lowest BCUT2D eigenvalue weighted by atomic mass is 9.95. The fourth-order valence-electron chi connectivity index (χ4n) is 3.79. The Bertz CT molecular complexity index is 1230. The summed E-state index contributed by atoms with van der Waals surface area (Å²) in [5, 5.41) is 19.7. The van der Waals surface area contributed by atoms with Crippen LogP contribution in [-0.2, 0) is 9.53 Å². The molecule has 2 amide bonds. The Morgan fingerprint density at radius 3 is 2.66 bits per heavy atom. The van der Waals surface area contributed by atoms with E-state index in [1.165, 1.54) is 7.11 Å². The summed E-state index contributed by atoms with van der Waals surface area (Å²) in [5.74, 6) is 0.208. The number of aliphatic hydroxyl groups excluding tert-OH is 1. The highest BCUT2D eigenvalue weighted by Crippen LogP contribution is 2.35. The third-order valence-corrected chi connectivity index (χ3v) is 6.20. The zero-order chi connectivity index (χ0) is 27.8. The molecule has 2 aromatic carbocycles. The highest BCUT2D eigenvalue weighted by atomic mass is 79.9. The molecule has 0 spiro atoms. The lowest BCUT2D eigenvalue weighted by Gasteiger charge is -2.28. The number of amides is 2. The van der Waals surface area contributed by atoms with Crippen molar-refractivity contribution >= 4 is 39.8 Å². The molecular formula is C26H32BrN5O6. The van der Waals surface area contributed by atoms with Crippen LogP contribution in [0.4, 0.5) is 10.5 Å². The molecule has 0 saturated carbocycles. The Hall–Kier alpha value is -3.77. The predicted molar refractivity (Wildman–Crippen MR) is 147 cm³/mol. The second-order valence-electron chi connectivity index (χ2n) is 8.52. The number of hydrogen-bond donors (Lipinski definition) is 4. The summed E-state index contributed by atoms with van der Waals surface area (Å²) < 4.78 is 17.3. The van der Waals surface area contributed by atoms with Gasteiger partial charge in [0.2, 0.25) is 0 Å². The second-order valence-corrected chi connectivity index (χ2v) is 9.37. The molecule has 0 bridgehead atoms. The topological polar surface area (TPSA) is 134 Å². The first-order valence-electron chi connectivity index (χ1n) is 11.8. The molecule has 12 heteroatoms. The summed E-state index contributed by atoms with van der Waals surface area (Å²) in [4.78, 5) is 26.5. The molecule has 2 aromatic rings. The van der Waals surface area contributed by atoms with E-state index in [0.717, 1.165) is 15.7 Å². The third-order valence-electron chi connectivity index (χ3n) is 5.56. The largest absolute Gasteiger partial charge is 0.490 e. The van der Waals surface area contributed by atoms with Crippen molar-refractivity contribution in [1.82, 2.24) is 16.1 Å². The SMILES string of the molecule is CCOc1cc([C@@H]2NC(=O)NC(C)=C2C(=O)OC)ccc1OC[C@H](O)N/N=C\c1ccc(N(C)C)c(Br)c1. The van der Waals surface area contributed by atoms with Crippen molar-refractivity contribution in [2.75, 3.05) is 39.3 Å². The Balaban J connectivity index is 1.68. The van der Waals surface area contributed by atoms with E-state index in [-0.39, 0.29) is 12.2 Å².